The molecular weight excluding hydrogens is 138 g/mol. The van der Waals surface area contributed by atoms with Crippen LogP contribution < -0.4 is 4.84 Å². The third kappa shape index (κ3) is 1.21. The molecule has 2 nitrogen and oxygen atoms in total. The highest BCUT2D eigenvalue weighted by molar-refractivity contribution is 5.35. The third-order valence-electron chi connectivity index (χ3n) is 1.78. The maximum Gasteiger partial charge on any atom is 0.150 e. The number of para-hydroxylation sites is 1. The van der Waals surface area contributed by atoms with Crippen LogP contribution in [-0.2, 0) is 6.42 Å². The van der Waals surface area contributed by atoms with Gasteiger partial charge in [-0.25, -0.2) is 0 Å². The fraction of sp³-hybridized carbons (Fsp3) is 0.222. The second kappa shape index (κ2) is 2.55. The number of likely N-dealkylation sites (N-methyl/N-ethyl adjacent to an activating group) is 1. The lowest BCUT2D eigenvalue weighted by Gasteiger charge is -2.24. The fourth-order valence-corrected chi connectivity index (χ4v) is 1.18. The van der Waals surface area contributed by atoms with Crippen LogP contribution >= 0.6 is 0 Å². The Morgan fingerprint density at radius 2 is 2.18 bits per heavy atom. The van der Waals surface area contributed by atoms with E-state index >= 15 is 0 Å². The molecule has 1 aliphatic rings. The molecule has 57 valence electrons. The predicted molar refractivity (Wildman–Crippen MR) is 42.8 cm³/mol. The monoisotopic (exact) mass is 148 g/mol. The molecule has 0 aliphatic carbocycles. The zero-order valence-electron chi connectivity index (χ0n) is 6.45. The van der Waals surface area contributed by atoms with E-state index in [-0.39, 0.29) is 0 Å². The summed E-state index contributed by atoms with van der Waals surface area (Å²) in [7, 11) is 1.90. The first-order valence-corrected chi connectivity index (χ1v) is 3.68. The maximum absolute atomic E-state index is 5.41. The van der Waals surface area contributed by atoms with Gasteiger partial charge in [-0.3, -0.25) is 0 Å². The average Bonchev–Trinajstić information content (AvgIpc) is 2.04. The number of nitrogens with zero attached hydrogens (tertiary/aromatic N) is 1. The van der Waals surface area contributed by atoms with Gasteiger partial charge < -0.3 is 4.84 Å². The van der Waals surface area contributed by atoms with Crippen LogP contribution in [0.5, 0.6) is 5.75 Å². The van der Waals surface area contributed by atoms with Gasteiger partial charge in [0.1, 0.15) is 0 Å². The molecule has 1 radical (unpaired) electrons. The summed E-state index contributed by atoms with van der Waals surface area (Å²) in [5.74, 6) is 0.970. The van der Waals surface area contributed by atoms with Crippen LogP contribution in [0.3, 0.4) is 0 Å². The summed E-state index contributed by atoms with van der Waals surface area (Å²) in [6.07, 6.45) is 0.965. The first-order chi connectivity index (χ1) is 5.36. The van der Waals surface area contributed by atoms with Crippen LogP contribution in [0.1, 0.15) is 5.56 Å². The van der Waals surface area contributed by atoms with E-state index in [1.807, 2.05) is 31.8 Å². The van der Waals surface area contributed by atoms with E-state index in [1.165, 1.54) is 5.56 Å². The lowest BCUT2D eigenvalue weighted by atomic mass is 10.1. The number of rotatable bonds is 0. The molecule has 0 atom stereocenters. The van der Waals surface area contributed by atoms with Gasteiger partial charge in [-0.05, 0) is 18.1 Å². The number of hydrogen-bond acceptors (Lipinski definition) is 2. The lowest BCUT2D eigenvalue weighted by Crippen LogP contribution is -2.25. The molecule has 2 heteroatoms. The zero-order valence-corrected chi connectivity index (χ0v) is 6.45. The summed E-state index contributed by atoms with van der Waals surface area (Å²) >= 11 is 0. The summed E-state index contributed by atoms with van der Waals surface area (Å²) < 4.78 is 0. The lowest BCUT2D eigenvalue weighted by molar-refractivity contribution is -0.0126. The molecule has 1 aromatic carbocycles. The highest BCUT2D eigenvalue weighted by Gasteiger charge is 2.12. The molecule has 1 aliphatic heterocycles. The minimum Gasteiger partial charge on any atom is -0.406 e. The van der Waals surface area contributed by atoms with Gasteiger partial charge in [-0.15, -0.1) is 5.06 Å². The van der Waals surface area contributed by atoms with Crippen molar-refractivity contribution in [3.05, 3.63) is 36.4 Å². The predicted octanol–water partition coefficient (Wildman–Crippen LogP) is 1.63. The number of fused-ring (bicyclic) bond motifs is 1. The van der Waals surface area contributed by atoms with Crippen molar-refractivity contribution in [2.24, 2.45) is 0 Å². The van der Waals surface area contributed by atoms with E-state index in [0.29, 0.717) is 0 Å². The highest BCUT2D eigenvalue weighted by atomic mass is 16.7. The largest absolute Gasteiger partial charge is 0.406 e. The van der Waals surface area contributed by atoms with Crippen molar-refractivity contribution in [3.63, 3.8) is 0 Å². The van der Waals surface area contributed by atoms with Crippen molar-refractivity contribution in [3.8, 4) is 5.75 Å². The van der Waals surface area contributed by atoms with Gasteiger partial charge in [-0.1, -0.05) is 18.2 Å². The molecule has 0 unspecified atom stereocenters. The Bertz CT molecular complexity index is 259. The molecule has 0 amide bonds. The van der Waals surface area contributed by atoms with Crippen molar-refractivity contribution in [2.75, 3.05) is 7.05 Å². The zero-order chi connectivity index (χ0) is 7.68. The molecule has 0 aromatic heterocycles. The number of hydrogen-bond donors (Lipinski definition) is 0. The maximum atomic E-state index is 5.41. The number of hydroxylamine groups is 2. The highest BCUT2D eigenvalue weighted by Crippen LogP contribution is 2.24. The topological polar surface area (TPSA) is 12.5 Å². The standard InChI is InChI=1S/C9H10NO/c1-10-7-6-8-4-2-3-5-9(8)11-10/h2-5,7H,6H2,1H3. The second-order valence-corrected chi connectivity index (χ2v) is 2.63. The molecule has 0 saturated heterocycles. The van der Waals surface area contributed by atoms with E-state index in [0.717, 1.165) is 12.2 Å². The van der Waals surface area contributed by atoms with Crippen LogP contribution in [0, 0.1) is 6.54 Å². The Kier molecular flexibility index (Phi) is 1.55. The van der Waals surface area contributed by atoms with Crippen molar-refractivity contribution in [1.82, 2.24) is 5.06 Å². The van der Waals surface area contributed by atoms with Gasteiger partial charge in [-0.2, -0.15) is 0 Å². The Hall–Kier alpha value is -1.02. The molecule has 1 heterocycles. The Morgan fingerprint density at radius 3 is 3.09 bits per heavy atom. The number of benzene rings is 1. The average molecular weight is 148 g/mol. The molecule has 11 heavy (non-hydrogen) atoms. The normalized spacial score (nSPS) is 17.2. The van der Waals surface area contributed by atoms with Gasteiger partial charge in [0, 0.05) is 7.05 Å². The molecule has 1 aromatic rings. The van der Waals surface area contributed by atoms with Crippen LogP contribution in [0.4, 0.5) is 0 Å². The minimum absolute atomic E-state index is 0.965. The van der Waals surface area contributed by atoms with Crippen molar-refractivity contribution in [1.29, 1.82) is 0 Å². The van der Waals surface area contributed by atoms with E-state index in [2.05, 4.69) is 6.07 Å². The van der Waals surface area contributed by atoms with Crippen molar-refractivity contribution < 1.29 is 4.84 Å². The molecule has 0 N–H and O–H groups in total. The van der Waals surface area contributed by atoms with Gasteiger partial charge in [0.25, 0.3) is 0 Å². The first-order valence-electron chi connectivity index (χ1n) is 3.68. The molecule has 2 rings (SSSR count). The smallest absolute Gasteiger partial charge is 0.150 e. The van der Waals surface area contributed by atoms with Crippen LogP contribution in [0.15, 0.2) is 24.3 Å². The second-order valence-electron chi connectivity index (χ2n) is 2.63. The van der Waals surface area contributed by atoms with E-state index in [9.17, 15) is 0 Å². The van der Waals surface area contributed by atoms with E-state index < -0.39 is 0 Å². The summed E-state index contributed by atoms with van der Waals surface area (Å²) in [4.78, 5) is 5.41. The van der Waals surface area contributed by atoms with Crippen molar-refractivity contribution >= 4 is 0 Å². The van der Waals surface area contributed by atoms with Gasteiger partial charge >= 0.3 is 0 Å². The fourth-order valence-electron chi connectivity index (χ4n) is 1.18. The van der Waals surface area contributed by atoms with Crippen LogP contribution in [-0.4, -0.2) is 12.1 Å². The molecular formula is C9H10NO. The van der Waals surface area contributed by atoms with Gasteiger partial charge in [0.15, 0.2) is 5.75 Å². The third-order valence-corrected chi connectivity index (χ3v) is 1.78. The summed E-state index contributed by atoms with van der Waals surface area (Å²) in [6, 6.07) is 8.08. The summed E-state index contributed by atoms with van der Waals surface area (Å²) in [5, 5.41) is 1.74. The first kappa shape index (κ1) is 6.68. The summed E-state index contributed by atoms with van der Waals surface area (Å²) in [6.45, 7) is 2.02. The van der Waals surface area contributed by atoms with Crippen LogP contribution in [0.2, 0.25) is 0 Å². The molecule has 0 spiro atoms. The molecule has 0 fully saturated rings. The molecule has 0 saturated carbocycles. The Labute approximate surface area is 66.3 Å². The van der Waals surface area contributed by atoms with E-state index in [1.54, 1.807) is 5.06 Å². The Balaban J connectivity index is 2.34. The molecule has 0 bridgehead atoms. The quantitative estimate of drug-likeness (QED) is 0.554. The Morgan fingerprint density at radius 1 is 1.36 bits per heavy atom. The van der Waals surface area contributed by atoms with Crippen LogP contribution in [0.25, 0.3) is 0 Å². The van der Waals surface area contributed by atoms with Gasteiger partial charge in [0.05, 0.1) is 6.54 Å². The van der Waals surface area contributed by atoms with E-state index in [4.69, 9.17) is 4.84 Å². The van der Waals surface area contributed by atoms with Crippen molar-refractivity contribution in [2.45, 2.75) is 6.42 Å². The van der Waals surface area contributed by atoms with Gasteiger partial charge in [0.2, 0.25) is 0 Å². The summed E-state index contributed by atoms with van der Waals surface area (Å²) in [5.41, 5.74) is 1.26. The SMILES string of the molecule is CN1[CH]Cc2ccccc2O1. The minimum atomic E-state index is 0.965.